The maximum atomic E-state index is 9.32. The number of anilines is 1. The Kier molecular flexibility index (Phi) is 4.67. The van der Waals surface area contributed by atoms with Crippen LogP contribution < -0.4 is 4.90 Å². The van der Waals surface area contributed by atoms with Gasteiger partial charge in [0.25, 0.3) is 0 Å². The van der Waals surface area contributed by atoms with Gasteiger partial charge >= 0.3 is 0 Å². The van der Waals surface area contributed by atoms with Gasteiger partial charge in [0.05, 0.1) is 23.1 Å². The summed E-state index contributed by atoms with van der Waals surface area (Å²) < 4.78 is 3.36. The lowest BCUT2D eigenvalue weighted by Crippen LogP contribution is -2.21. The number of nitriles is 1. The number of rotatable bonds is 2. The molecule has 1 aliphatic heterocycles. The summed E-state index contributed by atoms with van der Waals surface area (Å²) in [6, 6.07) is 6.71. The second-order valence-corrected chi connectivity index (χ2v) is 8.70. The molecule has 28 heavy (non-hydrogen) atoms. The molecule has 0 saturated carbocycles. The highest BCUT2D eigenvalue weighted by molar-refractivity contribution is 9.10. The van der Waals surface area contributed by atoms with E-state index in [9.17, 15) is 5.26 Å². The SMILES string of the molecule is Cc1nc(N2CCC(C#N)C2)c2c(C)c(C)n(-c3c(C)cc(Br)cc3C)c2n1. The molecule has 0 amide bonds. The summed E-state index contributed by atoms with van der Waals surface area (Å²) in [7, 11) is 0. The van der Waals surface area contributed by atoms with Crippen LogP contribution in [0.15, 0.2) is 16.6 Å². The smallest absolute Gasteiger partial charge is 0.150 e. The third-order valence-electron chi connectivity index (χ3n) is 5.80. The van der Waals surface area contributed by atoms with Crippen LogP contribution in [-0.2, 0) is 0 Å². The first-order valence-electron chi connectivity index (χ1n) is 9.59. The van der Waals surface area contributed by atoms with Crippen LogP contribution in [-0.4, -0.2) is 27.6 Å². The Labute approximate surface area is 174 Å². The highest BCUT2D eigenvalue weighted by Gasteiger charge is 2.28. The van der Waals surface area contributed by atoms with Crippen molar-refractivity contribution in [1.82, 2.24) is 14.5 Å². The van der Waals surface area contributed by atoms with E-state index in [1.54, 1.807) is 0 Å². The van der Waals surface area contributed by atoms with E-state index < -0.39 is 0 Å². The number of aromatic nitrogens is 3. The predicted octanol–water partition coefficient (Wildman–Crippen LogP) is 5.07. The molecule has 5 nitrogen and oxygen atoms in total. The summed E-state index contributed by atoms with van der Waals surface area (Å²) in [6.45, 7) is 12.1. The lowest BCUT2D eigenvalue weighted by atomic mass is 10.1. The van der Waals surface area contributed by atoms with Crippen LogP contribution >= 0.6 is 15.9 Å². The molecule has 1 unspecified atom stereocenters. The maximum Gasteiger partial charge on any atom is 0.150 e. The van der Waals surface area contributed by atoms with Crippen LogP contribution in [0.5, 0.6) is 0 Å². The normalized spacial score (nSPS) is 16.8. The number of nitrogens with zero attached hydrogens (tertiary/aromatic N) is 5. The third kappa shape index (κ3) is 2.89. The fourth-order valence-corrected chi connectivity index (χ4v) is 5.05. The first kappa shape index (κ1) is 18.9. The van der Waals surface area contributed by atoms with Crippen LogP contribution in [0.3, 0.4) is 0 Å². The predicted molar refractivity (Wildman–Crippen MR) is 116 cm³/mol. The van der Waals surface area contributed by atoms with Crippen LogP contribution in [0, 0.1) is 51.9 Å². The summed E-state index contributed by atoms with van der Waals surface area (Å²) in [4.78, 5) is 11.9. The zero-order valence-corrected chi connectivity index (χ0v) is 18.6. The molecule has 0 bridgehead atoms. The van der Waals surface area contributed by atoms with E-state index in [-0.39, 0.29) is 5.92 Å². The zero-order valence-electron chi connectivity index (χ0n) is 17.0. The summed E-state index contributed by atoms with van der Waals surface area (Å²) in [5.41, 5.74) is 6.92. The summed E-state index contributed by atoms with van der Waals surface area (Å²) in [6.07, 6.45) is 0.894. The number of halogens is 1. The first-order valence-corrected chi connectivity index (χ1v) is 10.4. The standard InChI is InChI=1S/C22H24BrN5/c1-12-8-18(23)9-13(2)20(12)28-15(4)14(3)19-21(25-16(5)26-22(19)28)27-7-6-17(10-24)11-27/h8-9,17H,6-7,11H2,1-5H3. The van der Waals surface area contributed by atoms with Crippen molar-refractivity contribution in [2.24, 2.45) is 5.92 Å². The van der Waals surface area contributed by atoms with Crippen molar-refractivity contribution < 1.29 is 0 Å². The molecule has 1 saturated heterocycles. The molecular formula is C22H24BrN5. The Morgan fingerprint density at radius 2 is 1.79 bits per heavy atom. The van der Waals surface area contributed by atoms with Crippen LogP contribution in [0.25, 0.3) is 16.7 Å². The molecule has 144 valence electrons. The Bertz CT molecular complexity index is 1120. The molecule has 1 atom stereocenters. The Balaban J connectivity index is 2.01. The summed E-state index contributed by atoms with van der Waals surface area (Å²) >= 11 is 3.61. The molecule has 3 aromatic rings. The van der Waals surface area contributed by atoms with Gasteiger partial charge in [-0.05, 0) is 69.9 Å². The molecule has 1 aromatic carbocycles. The van der Waals surface area contributed by atoms with Gasteiger partial charge in [-0.25, -0.2) is 9.97 Å². The van der Waals surface area contributed by atoms with Gasteiger partial charge in [-0.2, -0.15) is 5.26 Å². The van der Waals surface area contributed by atoms with E-state index in [0.717, 1.165) is 46.7 Å². The van der Waals surface area contributed by atoms with Crippen molar-refractivity contribution in [3.63, 3.8) is 0 Å². The molecule has 0 N–H and O–H groups in total. The lowest BCUT2D eigenvalue weighted by Gasteiger charge is -2.19. The van der Waals surface area contributed by atoms with Crippen LogP contribution in [0.4, 0.5) is 5.82 Å². The number of fused-ring (bicyclic) bond motifs is 1. The monoisotopic (exact) mass is 437 g/mol. The number of hydrogen-bond acceptors (Lipinski definition) is 4. The van der Waals surface area contributed by atoms with Gasteiger partial charge in [0.15, 0.2) is 5.65 Å². The second-order valence-electron chi connectivity index (χ2n) is 7.79. The number of benzene rings is 1. The van der Waals surface area contributed by atoms with E-state index in [1.807, 2.05) is 6.92 Å². The molecule has 0 radical (unpaired) electrons. The average molecular weight is 438 g/mol. The molecule has 6 heteroatoms. The van der Waals surface area contributed by atoms with Crippen molar-refractivity contribution in [1.29, 1.82) is 5.26 Å². The topological polar surface area (TPSA) is 57.7 Å². The van der Waals surface area contributed by atoms with Gasteiger partial charge in [-0.1, -0.05) is 15.9 Å². The number of hydrogen-bond donors (Lipinski definition) is 0. The highest BCUT2D eigenvalue weighted by atomic mass is 79.9. The molecular weight excluding hydrogens is 414 g/mol. The first-order chi connectivity index (χ1) is 13.3. The Morgan fingerprint density at radius 3 is 2.39 bits per heavy atom. The highest BCUT2D eigenvalue weighted by Crippen LogP contribution is 2.37. The fourth-order valence-electron chi connectivity index (χ4n) is 4.36. The number of aryl methyl sites for hydroxylation is 4. The fraction of sp³-hybridized carbons (Fsp3) is 0.409. The second kappa shape index (κ2) is 6.89. The Hall–Kier alpha value is -2.39. The maximum absolute atomic E-state index is 9.32. The average Bonchev–Trinajstić information content (AvgIpc) is 3.19. The zero-order chi connectivity index (χ0) is 20.2. The summed E-state index contributed by atoms with van der Waals surface area (Å²) in [5, 5.41) is 10.4. The van der Waals surface area contributed by atoms with E-state index in [1.165, 1.54) is 28.1 Å². The minimum absolute atomic E-state index is 0.0739. The van der Waals surface area contributed by atoms with Gasteiger partial charge in [-0.3, -0.25) is 4.57 Å². The molecule has 2 aromatic heterocycles. The molecule has 0 spiro atoms. The molecule has 0 aliphatic carbocycles. The van der Waals surface area contributed by atoms with E-state index in [0.29, 0.717) is 0 Å². The van der Waals surface area contributed by atoms with Crippen molar-refractivity contribution in [2.75, 3.05) is 18.0 Å². The van der Waals surface area contributed by atoms with Crippen molar-refractivity contribution in [3.05, 3.63) is 44.8 Å². The molecule has 1 fully saturated rings. The Morgan fingerprint density at radius 1 is 1.11 bits per heavy atom. The van der Waals surface area contributed by atoms with E-state index in [4.69, 9.17) is 9.97 Å². The van der Waals surface area contributed by atoms with Crippen LogP contribution in [0.2, 0.25) is 0 Å². The van der Waals surface area contributed by atoms with Crippen molar-refractivity contribution in [3.8, 4) is 11.8 Å². The van der Waals surface area contributed by atoms with Gasteiger partial charge < -0.3 is 4.90 Å². The van der Waals surface area contributed by atoms with E-state index in [2.05, 4.69) is 71.3 Å². The van der Waals surface area contributed by atoms with Gasteiger partial charge in [0, 0.05) is 23.3 Å². The molecule has 1 aliphatic rings. The minimum atomic E-state index is 0.0739. The van der Waals surface area contributed by atoms with Crippen molar-refractivity contribution >= 4 is 32.8 Å². The molecule has 4 rings (SSSR count). The van der Waals surface area contributed by atoms with Gasteiger partial charge in [-0.15, -0.1) is 0 Å². The van der Waals surface area contributed by atoms with E-state index >= 15 is 0 Å². The van der Waals surface area contributed by atoms with Crippen LogP contribution in [0.1, 0.15) is 34.6 Å². The largest absolute Gasteiger partial charge is 0.355 e. The third-order valence-corrected chi connectivity index (χ3v) is 6.26. The summed E-state index contributed by atoms with van der Waals surface area (Å²) in [5.74, 6) is 1.80. The lowest BCUT2D eigenvalue weighted by molar-refractivity contribution is 0.754. The van der Waals surface area contributed by atoms with Gasteiger partial charge in [0.1, 0.15) is 11.6 Å². The quantitative estimate of drug-likeness (QED) is 0.560. The minimum Gasteiger partial charge on any atom is -0.355 e. The van der Waals surface area contributed by atoms with Crippen molar-refractivity contribution in [2.45, 2.75) is 41.0 Å². The molecule has 3 heterocycles. The van der Waals surface area contributed by atoms with Gasteiger partial charge in [0.2, 0.25) is 0 Å².